The molecule has 0 saturated carbocycles. The number of nitrogens with zero attached hydrogens (tertiary/aromatic N) is 3. The number of carbonyl (C=O) groups excluding carboxylic acids is 1. The summed E-state index contributed by atoms with van der Waals surface area (Å²) >= 11 is 0. The lowest BCUT2D eigenvalue weighted by atomic mass is 10.2. The summed E-state index contributed by atoms with van der Waals surface area (Å²) < 4.78 is 0. The minimum Gasteiger partial charge on any atom is -0.478 e. The largest absolute Gasteiger partial charge is 0.478 e. The Morgan fingerprint density at radius 3 is 2.90 bits per heavy atom. The van der Waals surface area contributed by atoms with Crippen LogP contribution in [-0.4, -0.2) is 40.6 Å². The molecule has 0 bridgehead atoms. The molecule has 1 aromatic heterocycles. The minimum atomic E-state index is -1.04. The van der Waals surface area contributed by atoms with Crippen LogP contribution in [0.1, 0.15) is 23.0 Å². The average molecular weight is 276 g/mol. The molecule has 1 unspecified atom stereocenters. The van der Waals surface area contributed by atoms with E-state index in [2.05, 4.69) is 10.3 Å². The highest BCUT2D eigenvalue weighted by atomic mass is 16.4. The van der Waals surface area contributed by atoms with Crippen molar-refractivity contribution in [2.45, 2.75) is 13.5 Å². The highest BCUT2D eigenvalue weighted by molar-refractivity contribution is 5.87. The standard InChI is InChI=1S/C13H16N4O3/c1-9(6-14)8-17(2)13(20)16-7-11-5-10(12(18)19)3-4-15-11/h3-5,9H,7-8H2,1-2H3,(H,16,20)(H,18,19). The molecule has 0 saturated heterocycles. The summed E-state index contributed by atoms with van der Waals surface area (Å²) in [5, 5.41) is 20.1. The summed E-state index contributed by atoms with van der Waals surface area (Å²) in [6.07, 6.45) is 1.38. The molecule has 0 aliphatic rings. The smallest absolute Gasteiger partial charge is 0.335 e. The van der Waals surface area contributed by atoms with E-state index in [4.69, 9.17) is 10.4 Å². The molecule has 20 heavy (non-hydrogen) atoms. The van der Waals surface area contributed by atoms with E-state index in [0.29, 0.717) is 12.2 Å². The van der Waals surface area contributed by atoms with E-state index in [9.17, 15) is 9.59 Å². The van der Waals surface area contributed by atoms with Crippen LogP contribution in [0.15, 0.2) is 18.3 Å². The van der Waals surface area contributed by atoms with Crippen LogP contribution in [0.3, 0.4) is 0 Å². The van der Waals surface area contributed by atoms with E-state index in [0.717, 1.165) is 0 Å². The summed E-state index contributed by atoms with van der Waals surface area (Å²) in [5.41, 5.74) is 0.579. The van der Waals surface area contributed by atoms with Crippen LogP contribution < -0.4 is 5.32 Å². The van der Waals surface area contributed by atoms with Gasteiger partial charge in [0.15, 0.2) is 0 Å². The molecular weight excluding hydrogens is 260 g/mol. The number of carboxylic acids is 1. The molecule has 0 aliphatic heterocycles. The van der Waals surface area contributed by atoms with Crippen molar-refractivity contribution < 1.29 is 14.7 Å². The number of carboxylic acid groups (broad SMARTS) is 1. The fraction of sp³-hybridized carbons (Fsp3) is 0.385. The first-order chi connectivity index (χ1) is 9.43. The van der Waals surface area contributed by atoms with Crippen LogP contribution in [0, 0.1) is 17.2 Å². The fourth-order valence-corrected chi connectivity index (χ4v) is 1.54. The summed E-state index contributed by atoms with van der Waals surface area (Å²) in [5.74, 6) is -1.29. The molecule has 1 aromatic rings. The maximum Gasteiger partial charge on any atom is 0.335 e. The highest BCUT2D eigenvalue weighted by Gasteiger charge is 2.12. The van der Waals surface area contributed by atoms with Crippen molar-refractivity contribution in [1.29, 1.82) is 5.26 Å². The van der Waals surface area contributed by atoms with Crippen molar-refractivity contribution in [3.05, 3.63) is 29.6 Å². The summed E-state index contributed by atoms with van der Waals surface area (Å²) in [6, 6.07) is 4.49. The molecule has 0 radical (unpaired) electrons. The average Bonchev–Trinajstić information content (AvgIpc) is 2.44. The van der Waals surface area contributed by atoms with Crippen LogP contribution in [-0.2, 0) is 6.54 Å². The molecule has 1 rings (SSSR count). The van der Waals surface area contributed by atoms with E-state index >= 15 is 0 Å². The van der Waals surface area contributed by atoms with Gasteiger partial charge in [0.25, 0.3) is 0 Å². The van der Waals surface area contributed by atoms with Crippen molar-refractivity contribution in [2.75, 3.05) is 13.6 Å². The quantitative estimate of drug-likeness (QED) is 0.837. The number of pyridine rings is 1. The zero-order valence-electron chi connectivity index (χ0n) is 11.3. The second kappa shape index (κ2) is 7.09. The number of nitriles is 1. The molecule has 2 amide bonds. The number of rotatable bonds is 5. The van der Waals surface area contributed by atoms with E-state index in [1.165, 1.54) is 23.2 Å². The molecule has 106 valence electrons. The van der Waals surface area contributed by atoms with Gasteiger partial charge in [0, 0.05) is 19.8 Å². The Morgan fingerprint density at radius 2 is 2.30 bits per heavy atom. The van der Waals surface area contributed by atoms with Gasteiger partial charge in [-0.15, -0.1) is 0 Å². The van der Waals surface area contributed by atoms with E-state index < -0.39 is 5.97 Å². The molecule has 0 aliphatic carbocycles. The van der Waals surface area contributed by atoms with Gasteiger partial charge in [0.2, 0.25) is 0 Å². The van der Waals surface area contributed by atoms with Crippen molar-refractivity contribution in [1.82, 2.24) is 15.2 Å². The predicted octanol–water partition coefficient (Wildman–Crippen LogP) is 1.08. The van der Waals surface area contributed by atoms with Crippen molar-refractivity contribution in [3.8, 4) is 6.07 Å². The zero-order valence-corrected chi connectivity index (χ0v) is 11.3. The monoisotopic (exact) mass is 276 g/mol. The predicted molar refractivity (Wildman–Crippen MR) is 70.8 cm³/mol. The van der Waals surface area contributed by atoms with Gasteiger partial charge in [0.05, 0.1) is 29.8 Å². The first-order valence-corrected chi connectivity index (χ1v) is 6.01. The van der Waals surface area contributed by atoms with Gasteiger partial charge in [0.1, 0.15) is 0 Å². The minimum absolute atomic E-state index is 0.121. The highest BCUT2D eigenvalue weighted by Crippen LogP contribution is 2.02. The lowest BCUT2D eigenvalue weighted by molar-refractivity contribution is 0.0696. The number of carbonyl (C=O) groups is 2. The number of amides is 2. The Hall–Kier alpha value is -2.62. The molecule has 1 heterocycles. The Bertz CT molecular complexity index is 539. The van der Waals surface area contributed by atoms with Crippen LogP contribution in [0.5, 0.6) is 0 Å². The summed E-state index contributed by atoms with van der Waals surface area (Å²) in [6.45, 7) is 2.18. The lowest BCUT2D eigenvalue weighted by Crippen LogP contribution is -2.39. The SMILES string of the molecule is CC(C#N)CN(C)C(=O)NCc1cc(C(=O)O)ccn1. The maximum absolute atomic E-state index is 11.7. The third-order valence-electron chi connectivity index (χ3n) is 2.60. The number of urea groups is 1. The Balaban J connectivity index is 2.55. The van der Waals surface area contributed by atoms with Gasteiger partial charge in [-0.3, -0.25) is 4.98 Å². The van der Waals surface area contributed by atoms with E-state index in [1.807, 2.05) is 6.07 Å². The second-order valence-corrected chi connectivity index (χ2v) is 4.41. The maximum atomic E-state index is 11.7. The first-order valence-electron chi connectivity index (χ1n) is 6.01. The third kappa shape index (κ3) is 4.57. The number of aromatic nitrogens is 1. The molecule has 2 N–H and O–H groups in total. The van der Waals surface area contributed by atoms with Gasteiger partial charge >= 0.3 is 12.0 Å². The van der Waals surface area contributed by atoms with E-state index in [1.54, 1.807) is 14.0 Å². The number of hydrogen-bond acceptors (Lipinski definition) is 4. The molecule has 0 spiro atoms. The first kappa shape index (κ1) is 15.4. The van der Waals surface area contributed by atoms with Gasteiger partial charge < -0.3 is 15.3 Å². The third-order valence-corrected chi connectivity index (χ3v) is 2.60. The van der Waals surface area contributed by atoms with Crippen LogP contribution in [0.25, 0.3) is 0 Å². The molecule has 7 heteroatoms. The number of nitrogens with one attached hydrogen (secondary N) is 1. The topological polar surface area (TPSA) is 106 Å². The summed E-state index contributed by atoms with van der Waals surface area (Å²) in [4.78, 5) is 27.9. The van der Waals surface area contributed by atoms with Gasteiger partial charge in [-0.2, -0.15) is 5.26 Å². The molecule has 1 atom stereocenters. The molecular formula is C13H16N4O3. The fourth-order valence-electron chi connectivity index (χ4n) is 1.54. The second-order valence-electron chi connectivity index (χ2n) is 4.41. The Kier molecular flexibility index (Phi) is 5.47. The van der Waals surface area contributed by atoms with Crippen LogP contribution >= 0.6 is 0 Å². The molecule has 7 nitrogen and oxygen atoms in total. The van der Waals surface area contributed by atoms with Gasteiger partial charge in [-0.1, -0.05) is 0 Å². The Morgan fingerprint density at radius 1 is 1.60 bits per heavy atom. The number of aromatic carboxylic acids is 1. The van der Waals surface area contributed by atoms with Crippen LogP contribution in [0.4, 0.5) is 4.79 Å². The molecule has 0 aromatic carbocycles. The van der Waals surface area contributed by atoms with E-state index in [-0.39, 0.29) is 24.1 Å². The zero-order chi connectivity index (χ0) is 15.1. The van der Waals surface area contributed by atoms with Crippen molar-refractivity contribution in [3.63, 3.8) is 0 Å². The molecule has 0 fully saturated rings. The van der Waals surface area contributed by atoms with Crippen molar-refractivity contribution in [2.24, 2.45) is 5.92 Å². The van der Waals surface area contributed by atoms with Gasteiger partial charge in [-0.05, 0) is 19.1 Å². The lowest BCUT2D eigenvalue weighted by Gasteiger charge is -2.18. The van der Waals surface area contributed by atoms with Crippen molar-refractivity contribution >= 4 is 12.0 Å². The van der Waals surface area contributed by atoms with Crippen LogP contribution in [0.2, 0.25) is 0 Å². The summed E-state index contributed by atoms with van der Waals surface area (Å²) in [7, 11) is 1.59. The normalized spacial score (nSPS) is 11.2. The Labute approximate surface area is 116 Å². The van der Waals surface area contributed by atoms with Gasteiger partial charge in [-0.25, -0.2) is 9.59 Å². The number of hydrogen-bond donors (Lipinski definition) is 2.